The molecular formula is C15H20N4O2S. The third-order valence-corrected chi connectivity index (χ3v) is 4.67. The van der Waals surface area contributed by atoms with Crippen LogP contribution in [0.1, 0.15) is 47.1 Å². The van der Waals surface area contributed by atoms with Crippen LogP contribution in [0.3, 0.4) is 0 Å². The fourth-order valence-electron chi connectivity index (χ4n) is 2.29. The molecule has 1 atom stereocenters. The molecule has 2 N–H and O–H groups in total. The number of aromatic nitrogens is 2. The molecule has 2 aromatic heterocycles. The Morgan fingerprint density at radius 3 is 2.95 bits per heavy atom. The van der Waals surface area contributed by atoms with Crippen molar-refractivity contribution in [3.63, 3.8) is 0 Å². The number of hydrogen-bond donors (Lipinski definition) is 2. The second-order valence-electron chi connectivity index (χ2n) is 5.59. The summed E-state index contributed by atoms with van der Waals surface area (Å²) in [5, 5.41) is 10.8. The Hall–Kier alpha value is -1.89. The lowest BCUT2D eigenvalue weighted by Gasteiger charge is -2.16. The van der Waals surface area contributed by atoms with Gasteiger partial charge in [0, 0.05) is 17.1 Å². The number of hydrogen-bond acceptors (Lipinski definition) is 5. The maximum absolute atomic E-state index is 12.1. The van der Waals surface area contributed by atoms with Crippen molar-refractivity contribution in [1.82, 2.24) is 20.8 Å². The standard InChI is InChI=1S/C15H20N4O2S/c1-3-11-6-12(21-19-11)8-17-15(20)18-13(10-4-5-10)14-16-7-9(2)22-14/h6-7,10,13H,3-5,8H2,1-2H3,(H2,17,18,20)/t13-/m0/s1. The zero-order valence-corrected chi connectivity index (χ0v) is 13.6. The minimum atomic E-state index is -0.195. The van der Waals surface area contributed by atoms with Gasteiger partial charge in [-0.3, -0.25) is 0 Å². The molecule has 1 fully saturated rings. The van der Waals surface area contributed by atoms with Crippen molar-refractivity contribution in [2.75, 3.05) is 0 Å². The zero-order valence-electron chi connectivity index (χ0n) is 12.8. The van der Waals surface area contributed by atoms with Crippen LogP contribution < -0.4 is 10.6 Å². The van der Waals surface area contributed by atoms with Crippen LogP contribution in [0.25, 0.3) is 0 Å². The summed E-state index contributed by atoms with van der Waals surface area (Å²) in [6, 6.07) is 1.68. The van der Waals surface area contributed by atoms with Crippen LogP contribution in [0.2, 0.25) is 0 Å². The molecule has 2 heterocycles. The molecule has 0 aliphatic heterocycles. The highest BCUT2D eigenvalue weighted by Crippen LogP contribution is 2.41. The second kappa shape index (κ2) is 6.48. The van der Waals surface area contributed by atoms with E-state index in [9.17, 15) is 4.79 Å². The molecule has 1 saturated carbocycles. The normalized spacial score (nSPS) is 15.5. The molecule has 1 aliphatic carbocycles. The summed E-state index contributed by atoms with van der Waals surface area (Å²) in [7, 11) is 0. The minimum absolute atomic E-state index is 0.0135. The summed E-state index contributed by atoms with van der Waals surface area (Å²) >= 11 is 1.64. The van der Waals surface area contributed by atoms with E-state index in [4.69, 9.17) is 4.52 Å². The highest BCUT2D eigenvalue weighted by atomic mass is 32.1. The van der Waals surface area contributed by atoms with Gasteiger partial charge in [-0.25, -0.2) is 9.78 Å². The molecule has 0 saturated heterocycles. The number of urea groups is 1. The summed E-state index contributed by atoms with van der Waals surface area (Å²) in [6.45, 7) is 4.38. The van der Waals surface area contributed by atoms with E-state index in [0.29, 0.717) is 18.2 Å². The van der Waals surface area contributed by atoms with Gasteiger partial charge in [-0.15, -0.1) is 11.3 Å². The van der Waals surface area contributed by atoms with Gasteiger partial charge in [0.15, 0.2) is 5.76 Å². The lowest BCUT2D eigenvalue weighted by Crippen LogP contribution is -2.38. The number of amides is 2. The van der Waals surface area contributed by atoms with Crippen molar-refractivity contribution < 1.29 is 9.32 Å². The molecule has 0 unspecified atom stereocenters. The van der Waals surface area contributed by atoms with Crippen molar-refractivity contribution in [2.24, 2.45) is 5.92 Å². The topological polar surface area (TPSA) is 80.0 Å². The van der Waals surface area contributed by atoms with Crippen LogP contribution in [0.15, 0.2) is 16.8 Å². The molecule has 22 heavy (non-hydrogen) atoms. The molecule has 3 rings (SSSR count). The van der Waals surface area contributed by atoms with Crippen LogP contribution in [0.4, 0.5) is 4.79 Å². The first-order valence-electron chi connectivity index (χ1n) is 7.57. The van der Waals surface area contributed by atoms with E-state index in [2.05, 4.69) is 20.8 Å². The van der Waals surface area contributed by atoms with Gasteiger partial charge < -0.3 is 15.2 Å². The minimum Gasteiger partial charge on any atom is -0.359 e. The Labute approximate surface area is 133 Å². The first-order valence-corrected chi connectivity index (χ1v) is 8.38. The monoisotopic (exact) mass is 320 g/mol. The SMILES string of the molecule is CCc1cc(CNC(=O)N[C@H](c2ncc(C)s2)C2CC2)on1. The molecule has 2 aromatic rings. The van der Waals surface area contributed by atoms with Gasteiger partial charge in [0.1, 0.15) is 5.01 Å². The van der Waals surface area contributed by atoms with Gasteiger partial charge in [0.2, 0.25) is 0 Å². The van der Waals surface area contributed by atoms with Crippen LogP contribution >= 0.6 is 11.3 Å². The summed E-state index contributed by atoms with van der Waals surface area (Å²) in [5.41, 5.74) is 0.895. The quantitative estimate of drug-likeness (QED) is 0.857. The predicted molar refractivity (Wildman–Crippen MR) is 83.6 cm³/mol. The van der Waals surface area contributed by atoms with E-state index in [1.54, 1.807) is 11.3 Å². The average molecular weight is 320 g/mol. The third kappa shape index (κ3) is 3.65. The van der Waals surface area contributed by atoms with Crippen molar-refractivity contribution in [3.05, 3.63) is 33.6 Å². The molecule has 1 aliphatic rings. The highest BCUT2D eigenvalue weighted by Gasteiger charge is 2.35. The number of carbonyl (C=O) groups excluding carboxylic acids is 1. The fourth-order valence-corrected chi connectivity index (χ4v) is 3.21. The summed E-state index contributed by atoms with van der Waals surface area (Å²) < 4.78 is 5.16. The Kier molecular flexibility index (Phi) is 4.42. The number of carbonyl (C=O) groups is 1. The van der Waals surface area contributed by atoms with Crippen molar-refractivity contribution in [1.29, 1.82) is 0 Å². The number of rotatable bonds is 6. The first kappa shape index (κ1) is 15.0. The largest absolute Gasteiger partial charge is 0.359 e. The fraction of sp³-hybridized carbons (Fsp3) is 0.533. The zero-order chi connectivity index (χ0) is 15.5. The van der Waals surface area contributed by atoms with Gasteiger partial charge in [-0.2, -0.15) is 0 Å². The Bertz CT molecular complexity index is 648. The van der Waals surface area contributed by atoms with Crippen molar-refractivity contribution >= 4 is 17.4 Å². The second-order valence-corrected chi connectivity index (χ2v) is 6.86. The predicted octanol–water partition coefficient (Wildman–Crippen LogP) is 2.95. The summed E-state index contributed by atoms with van der Waals surface area (Å²) in [4.78, 5) is 17.7. The van der Waals surface area contributed by atoms with Gasteiger partial charge in [-0.05, 0) is 32.1 Å². The Balaban J connectivity index is 1.55. The molecule has 6 nitrogen and oxygen atoms in total. The first-order chi connectivity index (χ1) is 10.7. The van der Waals surface area contributed by atoms with Crippen LogP contribution in [-0.4, -0.2) is 16.2 Å². The smallest absolute Gasteiger partial charge is 0.315 e. The van der Waals surface area contributed by atoms with Gasteiger partial charge in [-0.1, -0.05) is 12.1 Å². The maximum Gasteiger partial charge on any atom is 0.315 e. The van der Waals surface area contributed by atoms with E-state index < -0.39 is 0 Å². The number of aryl methyl sites for hydroxylation is 2. The van der Waals surface area contributed by atoms with Crippen molar-refractivity contribution in [3.8, 4) is 0 Å². The lowest BCUT2D eigenvalue weighted by atomic mass is 10.2. The van der Waals surface area contributed by atoms with Crippen molar-refractivity contribution in [2.45, 2.75) is 45.7 Å². The molecule has 7 heteroatoms. The third-order valence-electron chi connectivity index (χ3n) is 3.68. The lowest BCUT2D eigenvalue weighted by molar-refractivity contribution is 0.233. The van der Waals surface area contributed by atoms with E-state index in [1.807, 2.05) is 26.1 Å². The summed E-state index contributed by atoms with van der Waals surface area (Å²) in [5.74, 6) is 1.17. The molecular weight excluding hydrogens is 300 g/mol. The highest BCUT2D eigenvalue weighted by molar-refractivity contribution is 7.11. The maximum atomic E-state index is 12.1. The molecule has 0 aromatic carbocycles. The van der Waals surface area contributed by atoms with Crippen LogP contribution in [0.5, 0.6) is 0 Å². The van der Waals surface area contributed by atoms with Gasteiger partial charge >= 0.3 is 6.03 Å². The van der Waals surface area contributed by atoms with Crippen LogP contribution in [0, 0.1) is 12.8 Å². The van der Waals surface area contributed by atoms with Crippen LogP contribution in [-0.2, 0) is 13.0 Å². The average Bonchev–Trinajstić information content (AvgIpc) is 3.09. The molecule has 2 amide bonds. The van der Waals surface area contributed by atoms with Gasteiger partial charge in [0.05, 0.1) is 18.3 Å². The number of nitrogens with one attached hydrogen (secondary N) is 2. The van der Waals surface area contributed by atoms with E-state index >= 15 is 0 Å². The molecule has 118 valence electrons. The van der Waals surface area contributed by atoms with E-state index in [1.165, 1.54) is 0 Å². The summed E-state index contributed by atoms with van der Waals surface area (Å²) in [6.07, 6.45) is 4.97. The molecule has 0 radical (unpaired) electrons. The van der Waals surface area contributed by atoms with E-state index in [-0.39, 0.29) is 12.1 Å². The molecule has 0 bridgehead atoms. The Morgan fingerprint density at radius 2 is 2.36 bits per heavy atom. The molecule has 0 spiro atoms. The van der Waals surface area contributed by atoms with E-state index in [0.717, 1.165) is 34.8 Å². The van der Waals surface area contributed by atoms with Gasteiger partial charge in [0.25, 0.3) is 0 Å². The number of thiazole rings is 1. The Morgan fingerprint density at radius 1 is 1.55 bits per heavy atom. The number of nitrogens with zero attached hydrogens (tertiary/aromatic N) is 2.